The van der Waals surface area contributed by atoms with E-state index in [0.29, 0.717) is 20.6 Å². The molecule has 34 heavy (non-hydrogen) atoms. The topological polar surface area (TPSA) is 60.7 Å². The van der Waals surface area contributed by atoms with E-state index >= 15 is 0 Å². The number of carbonyl (C=O) groups excluding carboxylic acids is 1. The van der Waals surface area contributed by atoms with Gasteiger partial charge in [0.05, 0.1) is 28.5 Å². The Labute approximate surface area is 201 Å². The molecule has 0 spiro atoms. The number of halogens is 1. The van der Waals surface area contributed by atoms with E-state index in [9.17, 15) is 14.0 Å². The van der Waals surface area contributed by atoms with Gasteiger partial charge in [-0.05, 0) is 54.2 Å². The van der Waals surface area contributed by atoms with Crippen LogP contribution in [0.4, 0.5) is 4.39 Å². The minimum Gasteiger partial charge on any atom is -0.463 e. The summed E-state index contributed by atoms with van der Waals surface area (Å²) in [5.74, 6) is -0.932. The Balaban J connectivity index is 1.88. The number of fused-ring (bicyclic) bond motifs is 1. The van der Waals surface area contributed by atoms with Crippen molar-refractivity contribution < 1.29 is 13.9 Å². The van der Waals surface area contributed by atoms with E-state index in [1.807, 2.05) is 18.2 Å². The molecule has 0 saturated heterocycles. The van der Waals surface area contributed by atoms with Gasteiger partial charge in [-0.2, -0.15) is 0 Å². The van der Waals surface area contributed by atoms with Gasteiger partial charge in [-0.25, -0.2) is 14.2 Å². The van der Waals surface area contributed by atoms with E-state index in [2.05, 4.69) is 37.9 Å². The number of hydrogen-bond acceptors (Lipinski definition) is 5. The zero-order valence-corrected chi connectivity index (χ0v) is 20.7. The Morgan fingerprint density at radius 3 is 2.38 bits per heavy atom. The Hall–Kier alpha value is -3.32. The van der Waals surface area contributed by atoms with Crippen molar-refractivity contribution in [2.24, 2.45) is 4.99 Å². The molecule has 0 radical (unpaired) electrons. The second kappa shape index (κ2) is 9.14. The Morgan fingerprint density at radius 2 is 1.79 bits per heavy atom. The molecule has 0 amide bonds. The molecular formula is C27H27FN2O3S. The maximum Gasteiger partial charge on any atom is 0.338 e. The number of allylic oxidation sites excluding steroid dienone is 1. The predicted octanol–water partition coefficient (Wildman–Crippen LogP) is 4.23. The van der Waals surface area contributed by atoms with E-state index in [1.54, 1.807) is 26.0 Å². The lowest BCUT2D eigenvalue weighted by molar-refractivity contribution is -0.139. The van der Waals surface area contributed by atoms with E-state index in [-0.39, 0.29) is 23.2 Å². The summed E-state index contributed by atoms with van der Waals surface area (Å²) in [6.45, 7) is 10.1. The van der Waals surface area contributed by atoms with Crippen LogP contribution in [-0.4, -0.2) is 17.1 Å². The highest BCUT2D eigenvalue weighted by atomic mass is 32.1. The van der Waals surface area contributed by atoms with Crippen LogP contribution in [-0.2, 0) is 14.9 Å². The molecule has 2 aromatic carbocycles. The highest BCUT2D eigenvalue weighted by Crippen LogP contribution is 2.30. The molecular weight excluding hydrogens is 451 g/mol. The standard InChI is InChI=1S/C27H27FN2O3S/c1-6-33-25(32)22-16(2)29-26-30(23(22)18-9-13-20(28)14-10-18)24(31)21(34-26)15-17-7-11-19(12-8-17)27(3,4)5/h7-15,23H,6H2,1-5H3/b21-15-/t23-/m1/s1. The van der Waals surface area contributed by atoms with Gasteiger partial charge in [0.1, 0.15) is 5.82 Å². The lowest BCUT2D eigenvalue weighted by Crippen LogP contribution is -2.39. The predicted molar refractivity (Wildman–Crippen MR) is 132 cm³/mol. The first-order valence-corrected chi connectivity index (χ1v) is 12.0. The van der Waals surface area contributed by atoms with Gasteiger partial charge in [-0.15, -0.1) is 0 Å². The number of nitrogens with zero attached hydrogens (tertiary/aromatic N) is 2. The van der Waals surface area contributed by atoms with Crippen molar-refractivity contribution >= 4 is 23.4 Å². The molecule has 3 aromatic rings. The van der Waals surface area contributed by atoms with Gasteiger partial charge in [0.2, 0.25) is 0 Å². The number of thiazole rings is 1. The minimum atomic E-state index is -0.749. The molecule has 1 aliphatic rings. The third-order valence-corrected chi connectivity index (χ3v) is 6.76. The minimum absolute atomic E-state index is 0.0358. The van der Waals surface area contributed by atoms with Crippen LogP contribution in [0.2, 0.25) is 0 Å². The molecule has 1 atom stereocenters. The summed E-state index contributed by atoms with van der Waals surface area (Å²) < 4.78 is 20.9. The fourth-order valence-electron chi connectivity index (χ4n) is 3.98. The summed E-state index contributed by atoms with van der Waals surface area (Å²) in [6.07, 6.45) is 1.83. The van der Waals surface area contributed by atoms with Gasteiger partial charge in [0.25, 0.3) is 5.56 Å². The zero-order chi connectivity index (χ0) is 24.6. The molecule has 1 aliphatic heterocycles. The number of esters is 1. The quantitative estimate of drug-likeness (QED) is 0.527. The molecule has 0 fully saturated rings. The maximum absolute atomic E-state index is 13.6. The smallest absolute Gasteiger partial charge is 0.338 e. The third-order valence-electron chi connectivity index (χ3n) is 5.78. The molecule has 0 saturated carbocycles. The summed E-state index contributed by atoms with van der Waals surface area (Å²) in [7, 11) is 0. The van der Waals surface area contributed by atoms with Crippen LogP contribution in [0.5, 0.6) is 0 Å². The molecule has 0 unspecified atom stereocenters. The van der Waals surface area contributed by atoms with Crippen LogP contribution >= 0.6 is 11.3 Å². The SMILES string of the molecule is CCOC(=O)C1=C(C)N=c2s/c(=C\c3ccc(C(C)(C)C)cc3)c(=O)n2[C@@H]1c1ccc(F)cc1. The van der Waals surface area contributed by atoms with Crippen LogP contribution in [0, 0.1) is 5.82 Å². The molecule has 0 bridgehead atoms. The van der Waals surface area contributed by atoms with E-state index in [0.717, 1.165) is 5.56 Å². The van der Waals surface area contributed by atoms with Crippen molar-refractivity contribution in [2.45, 2.75) is 46.1 Å². The lowest BCUT2D eigenvalue weighted by atomic mass is 9.87. The van der Waals surface area contributed by atoms with Crippen molar-refractivity contribution in [3.05, 3.63) is 102 Å². The molecule has 0 N–H and O–H groups in total. The van der Waals surface area contributed by atoms with Crippen molar-refractivity contribution in [1.29, 1.82) is 0 Å². The summed E-state index contributed by atoms with van der Waals surface area (Å²) in [5, 5.41) is 0. The number of rotatable bonds is 4. The molecule has 1 aromatic heterocycles. The van der Waals surface area contributed by atoms with Crippen molar-refractivity contribution in [3.8, 4) is 0 Å². The van der Waals surface area contributed by atoms with Gasteiger partial charge in [-0.3, -0.25) is 9.36 Å². The lowest BCUT2D eigenvalue weighted by Gasteiger charge is -2.24. The fraction of sp³-hybridized carbons (Fsp3) is 0.296. The average Bonchev–Trinajstić information content (AvgIpc) is 3.08. The van der Waals surface area contributed by atoms with Crippen LogP contribution in [0.1, 0.15) is 57.4 Å². The Kier molecular flexibility index (Phi) is 6.41. The summed E-state index contributed by atoms with van der Waals surface area (Å²) in [5.41, 5.74) is 3.26. The van der Waals surface area contributed by atoms with E-state index < -0.39 is 17.8 Å². The zero-order valence-electron chi connectivity index (χ0n) is 19.9. The van der Waals surface area contributed by atoms with Crippen LogP contribution in [0.25, 0.3) is 6.08 Å². The Morgan fingerprint density at radius 1 is 1.15 bits per heavy atom. The highest BCUT2D eigenvalue weighted by molar-refractivity contribution is 7.07. The number of ether oxygens (including phenoxy) is 1. The van der Waals surface area contributed by atoms with Gasteiger partial charge in [0, 0.05) is 0 Å². The van der Waals surface area contributed by atoms with Crippen molar-refractivity contribution in [1.82, 2.24) is 4.57 Å². The highest BCUT2D eigenvalue weighted by Gasteiger charge is 2.33. The van der Waals surface area contributed by atoms with Crippen molar-refractivity contribution in [3.63, 3.8) is 0 Å². The molecule has 5 nitrogen and oxygen atoms in total. The monoisotopic (exact) mass is 478 g/mol. The Bertz CT molecular complexity index is 1440. The number of aromatic nitrogens is 1. The summed E-state index contributed by atoms with van der Waals surface area (Å²) in [4.78, 5) is 31.5. The first-order chi connectivity index (χ1) is 16.1. The first-order valence-electron chi connectivity index (χ1n) is 11.2. The molecule has 7 heteroatoms. The molecule has 0 aliphatic carbocycles. The number of hydrogen-bond donors (Lipinski definition) is 0. The third kappa shape index (κ3) is 4.53. The maximum atomic E-state index is 13.6. The van der Waals surface area contributed by atoms with Gasteiger partial charge >= 0.3 is 5.97 Å². The van der Waals surface area contributed by atoms with Crippen molar-refractivity contribution in [2.75, 3.05) is 6.61 Å². The van der Waals surface area contributed by atoms with E-state index in [1.165, 1.54) is 33.6 Å². The number of benzene rings is 2. The van der Waals surface area contributed by atoms with Crippen LogP contribution in [0.3, 0.4) is 0 Å². The van der Waals surface area contributed by atoms with Crippen LogP contribution < -0.4 is 14.9 Å². The van der Waals surface area contributed by atoms with Crippen LogP contribution in [0.15, 0.2) is 69.6 Å². The first kappa shape index (κ1) is 23.8. The van der Waals surface area contributed by atoms with Gasteiger partial charge in [0.15, 0.2) is 4.80 Å². The summed E-state index contributed by atoms with van der Waals surface area (Å²) in [6, 6.07) is 13.2. The second-order valence-electron chi connectivity index (χ2n) is 9.23. The van der Waals surface area contributed by atoms with E-state index in [4.69, 9.17) is 4.74 Å². The van der Waals surface area contributed by atoms with Gasteiger partial charge in [-0.1, -0.05) is 68.5 Å². The summed E-state index contributed by atoms with van der Waals surface area (Å²) >= 11 is 1.27. The second-order valence-corrected chi connectivity index (χ2v) is 10.2. The normalized spacial score (nSPS) is 16.3. The molecule has 2 heterocycles. The molecule has 176 valence electrons. The fourth-order valence-corrected chi connectivity index (χ4v) is 5.03. The number of carbonyl (C=O) groups is 1. The molecule has 4 rings (SSSR count). The average molecular weight is 479 g/mol. The van der Waals surface area contributed by atoms with Gasteiger partial charge < -0.3 is 4.74 Å². The largest absolute Gasteiger partial charge is 0.463 e.